The summed E-state index contributed by atoms with van der Waals surface area (Å²) in [6.45, 7) is 3.43. The highest BCUT2D eigenvalue weighted by atomic mass is 35.5. The quantitative estimate of drug-likeness (QED) is 0.637. The SMILES string of the molecule is CC(NCc1ccccc1)C12CC3CC(CC(c4ccc(Cl)cc4)(C3)C1)C2. The van der Waals surface area contributed by atoms with Gasteiger partial charge in [-0.2, -0.15) is 0 Å². The molecule has 1 N–H and O–H groups in total. The van der Waals surface area contributed by atoms with Crippen LogP contribution in [0, 0.1) is 17.3 Å². The largest absolute Gasteiger partial charge is 0.310 e. The molecule has 0 saturated heterocycles. The molecule has 4 fully saturated rings. The van der Waals surface area contributed by atoms with Gasteiger partial charge in [0.05, 0.1) is 0 Å². The minimum Gasteiger partial charge on any atom is -0.310 e. The van der Waals surface area contributed by atoms with Crippen molar-refractivity contribution in [1.82, 2.24) is 5.32 Å². The highest BCUT2D eigenvalue weighted by molar-refractivity contribution is 6.30. The third kappa shape index (κ3) is 3.13. The molecule has 6 rings (SSSR count). The lowest BCUT2D eigenvalue weighted by Gasteiger charge is -2.64. The van der Waals surface area contributed by atoms with E-state index in [1.807, 2.05) is 0 Å². The van der Waals surface area contributed by atoms with Crippen molar-refractivity contribution in [1.29, 1.82) is 0 Å². The first kappa shape index (κ1) is 17.8. The van der Waals surface area contributed by atoms with Crippen molar-refractivity contribution in [2.24, 2.45) is 17.3 Å². The molecule has 3 unspecified atom stereocenters. The molecule has 4 aliphatic rings. The summed E-state index contributed by atoms with van der Waals surface area (Å²) in [6, 6.07) is 20.2. The summed E-state index contributed by atoms with van der Waals surface area (Å²) in [7, 11) is 0. The van der Waals surface area contributed by atoms with E-state index < -0.39 is 0 Å². The van der Waals surface area contributed by atoms with Crippen LogP contribution >= 0.6 is 11.6 Å². The summed E-state index contributed by atoms with van der Waals surface area (Å²) in [5, 5.41) is 4.77. The molecule has 4 aliphatic carbocycles. The van der Waals surface area contributed by atoms with E-state index in [0.29, 0.717) is 16.9 Å². The van der Waals surface area contributed by atoms with E-state index in [4.69, 9.17) is 11.6 Å². The van der Waals surface area contributed by atoms with E-state index in [2.05, 4.69) is 66.8 Å². The summed E-state index contributed by atoms with van der Waals surface area (Å²) < 4.78 is 0. The Hall–Kier alpha value is -1.31. The van der Waals surface area contributed by atoms with Gasteiger partial charge in [-0.15, -0.1) is 0 Å². The lowest BCUT2D eigenvalue weighted by atomic mass is 9.41. The molecule has 142 valence electrons. The van der Waals surface area contributed by atoms with Gasteiger partial charge in [0.15, 0.2) is 0 Å². The molecule has 0 radical (unpaired) electrons. The fraction of sp³-hybridized carbons (Fsp3) is 0.520. The van der Waals surface area contributed by atoms with Gasteiger partial charge in [0.1, 0.15) is 0 Å². The second-order valence-corrected chi connectivity index (χ2v) is 10.1. The monoisotopic (exact) mass is 379 g/mol. The fourth-order valence-corrected chi connectivity index (χ4v) is 7.19. The van der Waals surface area contributed by atoms with Gasteiger partial charge in [-0.1, -0.05) is 54.1 Å². The van der Waals surface area contributed by atoms with Crippen molar-refractivity contribution in [2.75, 3.05) is 0 Å². The molecule has 2 aromatic rings. The minimum absolute atomic E-state index is 0.386. The van der Waals surface area contributed by atoms with Crippen LogP contribution in [0.4, 0.5) is 0 Å². The Bertz CT molecular complexity index is 783. The lowest BCUT2D eigenvalue weighted by Crippen LogP contribution is -2.59. The van der Waals surface area contributed by atoms with Crippen molar-refractivity contribution in [3.8, 4) is 0 Å². The summed E-state index contributed by atoms with van der Waals surface area (Å²) >= 11 is 6.19. The Morgan fingerprint density at radius 2 is 1.63 bits per heavy atom. The normalized spacial score (nSPS) is 35.3. The van der Waals surface area contributed by atoms with Gasteiger partial charge in [0, 0.05) is 17.6 Å². The van der Waals surface area contributed by atoms with E-state index in [0.717, 1.165) is 23.4 Å². The molecule has 27 heavy (non-hydrogen) atoms. The van der Waals surface area contributed by atoms with Gasteiger partial charge in [-0.3, -0.25) is 0 Å². The third-order valence-electron chi connectivity index (χ3n) is 7.94. The molecule has 3 atom stereocenters. The Labute approximate surface area is 168 Å². The van der Waals surface area contributed by atoms with Crippen molar-refractivity contribution in [2.45, 2.75) is 63.5 Å². The number of hydrogen-bond donors (Lipinski definition) is 1. The standard InChI is InChI=1S/C25H30ClN/c1-18(27-16-19-5-3-2-4-6-19)24-12-20-11-21(13-24)15-25(14-20,17-24)22-7-9-23(26)10-8-22/h2-10,18,20-21,27H,11-17H2,1H3. The van der Waals surface area contributed by atoms with Gasteiger partial charge in [-0.05, 0) is 91.4 Å². The fourth-order valence-electron chi connectivity index (χ4n) is 7.06. The van der Waals surface area contributed by atoms with Crippen LogP contribution in [0.25, 0.3) is 0 Å². The van der Waals surface area contributed by atoms with E-state index in [9.17, 15) is 0 Å². The van der Waals surface area contributed by atoms with Crippen LogP contribution in [0.5, 0.6) is 0 Å². The van der Waals surface area contributed by atoms with Crippen LogP contribution in [0.1, 0.15) is 56.6 Å². The smallest absolute Gasteiger partial charge is 0.0406 e. The molecule has 0 heterocycles. The maximum atomic E-state index is 6.19. The Balaban J connectivity index is 1.40. The van der Waals surface area contributed by atoms with Crippen LogP contribution in [0.2, 0.25) is 5.02 Å². The molecule has 0 aromatic heterocycles. The minimum atomic E-state index is 0.386. The van der Waals surface area contributed by atoms with Gasteiger partial charge in [-0.25, -0.2) is 0 Å². The predicted molar refractivity (Wildman–Crippen MR) is 113 cm³/mol. The van der Waals surface area contributed by atoms with Gasteiger partial charge < -0.3 is 5.32 Å². The topological polar surface area (TPSA) is 12.0 Å². The Kier molecular flexibility index (Phi) is 4.37. The number of benzene rings is 2. The van der Waals surface area contributed by atoms with Crippen LogP contribution in [0.3, 0.4) is 0 Å². The number of hydrogen-bond acceptors (Lipinski definition) is 1. The molecule has 2 aromatic carbocycles. The zero-order chi connectivity index (χ0) is 18.5. The highest BCUT2D eigenvalue weighted by Crippen LogP contribution is 2.66. The van der Waals surface area contributed by atoms with Crippen LogP contribution < -0.4 is 5.32 Å². The maximum Gasteiger partial charge on any atom is 0.0406 e. The Morgan fingerprint density at radius 3 is 2.30 bits per heavy atom. The number of rotatable bonds is 5. The van der Waals surface area contributed by atoms with Crippen LogP contribution in [-0.4, -0.2) is 6.04 Å². The zero-order valence-corrected chi connectivity index (χ0v) is 17.0. The molecule has 4 saturated carbocycles. The molecule has 4 bridgehead atoms. The van der Waals surface area contributed by atoms with Gasteiger partial charge in [0.2, 0.25) is 0 Å². The summed E-state index contributed by atoms with van der Waals surface area (Å²) in [6.07, 6.45) is 8.42. The van der Waals surface area contributed by atoms with E-state index in [-0.39, 0.29) is 0 Å². The first-order valence-electron chi connectivity index (χ1n) is 10.6. The number of nitrogens with one attached hydrogen (secondary N) is 1. The summed E-state index contributed by atoms with van der Waals surface area (Å²) in [5.74, 6) is 1.81. The molecule has 2 heteroatoms. The van der Waals surface area contributed by atoms with Gasteiger partial charge in [0.25, 0.3) is 0 Å². The first-order chi connectivity index (χ1) is 13.1. The van der Waals surface area contributed by atoms with Crippen molar-refractivity contribution < 1.29 is 0 Å². The lowest BCUT2D eigenvalue weighted by molar-refractivity contribution is -0.0883. The highest BCUT2D eigenvalue weighted by Gasteiger charge is 2.59. The van der Waals surface area contributed by atoms with E-state index in [1.54, 1.807) is 5.56 Å². The second kappa shape index (κ2) is 6.64. The molecule has 1 nitrogen and oxygen atoms in total. The molecular weight excluding hydrogens is 350 g/mol. The maximum absolute atomic E-state index is 6.19. The number of halogens is 1. The van der Waals surface area contributed by atoms with Gasteiger partial charge >= 0.3 is 0 Å². The van der Waals surface area contributed by atoms with Crippen molar-refractivity contribution >= 4 is 11.6 Å². The predicted octanol–water partition coefficient (Wildman–Crippen LogP) is 6.36. The molecule has 0 amide bonds. The average molecular weight is 380 g/mol. The van der Waals surface area contributed by atoms with Crippen LogP contribution in [0.15, 0.2) is 54.6 Å². The van der Waals surface area contributed by atoms with E-state index >= 15 is 0 Å². The second-order valence-electron chi connectivity index (χ2n) is 9.70. The first-order valence-corrected chi connectivity index (χ1v) is 11.0. The molecule has 0 aliphatic heterocycles. The molecular formula is C25H30ClN. The molecule has 0 spiro atoms. The van der Waals surface area contributed by atoms with Crippen LogP contribution in [-0.2, 0) is 12.0 Å². The zero-order valence-electron chi connectivity index (χ0n) is 16.3. The Morgan fingerprint density at radius 1 is 0.963 bits per heavy atom. The van der Waals surface area contributed by atoms with Crippen molar-refractivity contribution in [3.05, 3.63) is 70.7 Å². The summed E-state index contributed by atoms with van der Waals surface area (Å²) in [5.41, 5.74) is 3.78. The van der Waals surface area contributed by atoms with Crippen molar-refractivity contribution in [3.63, 3.8) is 0 Å². The van der Waals surface area contributed by atoms with E-state index in [1.165, 1.54) is 44.1 Å². The third-order valence-corrected chi connectivity index (χ3v) is 8.19. The average Bonchev–Trinajstić information content (AvgIpc) is 2.66. The summed E-state index contributed by atoms with van der Waals surface area (Å²) in [4.78, 5) is 0.